The zero-order valence-electron chi connectivity index (χ0n) is 7.71. The molecule has 0 radical (unpaired) electrons. The van der Waals surface area contributed by atoms with Gasteiger partial charge in [0.25, 0.3) is 0 Å². The number of aliphatic hydroxyl groups excluding tert-OH is 1. The first-order valence-electron chi connectivity index (χ1n) is 4.07. The van der Waals surface area contributed by atoms with Crippen molar-refractivity contribution in [1.82, 2.24) is 0 Å². The summed E-state index contributed by atoms with van der Waals surface area (Å²) in [7, 11) is 0. The standard InChI is InChI=1S/C9H10ClF2NO.ClH/c10-5-3-6(11)9(7(12)4-5)8(13)1-2-14;/h3-4,8,14H,1-2,13H2;1H/t8-;/m0./s1. The Morgan fingerprint density at radius 3 is 2.20 bits per heavy atom. The van der Waals surface area contributed by atoms with Gasteiger partial charge in [-0.25, -0.2) is 8.78 Å². The summed E-state index contributed by atoms with van der Waals surface area (Å²) >= 11 is 5.43. The smallest absolute Gasteiger partial charge is 0.132 e. The van der Waals surface area contributed by atoms with Crippen molar-refractivity contribution in [3.8, 4) is 0 Å². The third-order valence-corrected chi connectivity index (χ3v) is 2.07. The van der Waals surface area contributed by atoms with E-state index in [1.54, 1.807) is 0 Å². The molecule has 0 heterocycles. The molecule has 1 rings (SSSR count). The highest BCUT2D eigenvalue weighted by Gasteiger charge is 2.17. The summed E-state index contributed by atoms with van der Waals surface area (Å²) in [5, 5.41) is 8.57. The highest BCUT2D eigenvalue weighted by atomic mass is 35.5. The van der Waals surface area contributed by atoms with E-state index in [2.05, 4.69) is 0 Å². The van der Waals surface area contributed by atoms with Crippen LogP contribution in [0, 0.1) is 11.6 Å². The summed E-state index contributed by atoms with van der Waals surface area (Å²) in [4.78, 5) is 0. The number of rotatable bonds is 3. The molecule has 0 aliphatic heterocycles. The lowest BCUT2D eigenvalue weighted by Gasteiger charge is -2.12. The molecule has 0 aliphatic carbocycles. The van der Waals surface area contributed by atoms with Gasteiger partial charge in [-0.2, -0.15) is 0 Å². The number of halogens is 4. The fourth-order valence-electron chi connectivity index (χ4n) is 1.19. The van der Waals surface area contributed by atoms with Gasteiger partial charge in [-0.05, 0) is 18.6 Å². The Hall–Kier alpha value is -0.420. The SMILES string of the molecule is Cl.N[C@@H](CCO)c1c(F)cc(Cl)cc1F. The summed E-state index contributed by atoms with van der Waals surface area (Å²) in [5.74, 6) is -1.56. The van der Waals surface area contributed by atoms with Gasteiger partial charge >= 0.3 is 0 Å². The van der Waals surface area contributed by atoms with Crippen LogP contribution in [0.2, 0.25) is 5.02 Å². The molecule has 2 nitrogen and oxygen atoms in total. The summed E-state index contributed by atoms with van der Waals surface area (Å²) in [6.45, 7) is -0.220. The normalized spacial score (nSPS) is 12.1. The second-order valence-corrected chi connectivity index (χ2v) is 3.34. The summed E-state index contributed by atoms with van der Waals surface area (Å²) in [6, 6.07) is 1.14. The Balaban J connectivity index is 0.00000196. The first kappa shape index (κ1) is 14.6. The topological polar surface area (TPSA) is 46.2 Å². The molecule has 0 spiro atoms. The summed E-state index contributed by atoms with van der Waals surface area (Å²) in [5.41, 5.74) is 5.24. The minimum atomic E-state index is -0.850. The Labute approximate surface area is 97.4 Å². The molecule has 0 saturated heterocycles. The van der Waals surface area contributed by atoms with Gasteiger partial charge in [0, 0.05) is 23.2 Å². The van der Waals surface area contributed by atoms with E-state index in [1.807, 2.05) is 0 Å². The lowest BCUT2D eigenvalue weighted by atomic mass is 10.0. The lowest BCUT2D eigenvalue weighted by molar-refractivity contribution is 0.274. The van der Waals surface area contributed by atoms with Gasteiger partial charge in [0.15, 0.2) is 0 Å². The van der Waals surface area contributed by atoms with Crippen molar-refractivity contribution >= 4 is 24.0 Å². The van der Waals surface area contributed by atoms with Crippen LogP contribution >= 0.6 is 24.0 Å². The Kier molecular flexibility index (Phi) is 6.05. The molecular formula is C9H11Cl2F2NO. The van der Waals surface area contributed by atoms with Crippen LogP contribution in [0.1, 0.15) is 18.0 Å². The van der Waals surface area contributed by atoms with Crippen molar-refractivity contribution in [1.29, 1.82) is 0 Å². The molecule has 0 unspecified atom stereocenters. The average Bonchev–Trinajstić information content (AvgIpc) is 2.01. The first-order chi connectivity index (χ1) is 6.56. The fourth-order valence-corrected chi connectivity index (χ4v) is 1.38. The molecule has 86 valence electrons. The molecule has 0 saturated carbocycles. The van der Waals surface area contributed by atoms with Gasteiger partial charge in [-0.1, -0.05) is 11.6 Å². The molecule has 1 atom stereocenters. The molecule has 1 aromatic rings. The van der Waals surface area contributed by atoms with Crippen LogP contribution in [-0.4, -0.2) is 11.7 Å². The van der Waals surface area contributed by atoms with Crippen molar-refractivity contribution in [3.05, 3.63) is 34.4 Å². The maximum atomic E-state index is 13.2. The predicted molar refractivity (Wildman–Crippen MR) is 57.2 cm³/mol. The maximum absolute atomic E-state index is 13.2. The summed E-state index contributed by atoms with van der Waals surface area (Å²) < 4.78 is 26.4. The molecule has 0 aromatic heterocycles. The van der Waals surface area contributed by atoms with Crippen LogP contribution in [0.15, 0.2) is 12.1 Å². The first-order valence-corrected chi connectivity index (χ1v) is 4.45. The minimum Gasteiger partial charge on any atom is -0.396 e. The monoisotopic (exact) mass is 257 g/mol. The van der Waals surface area contributed by atoms with Gasteiger partial charge < -0.3 is 10.8 Å². The maximum Gasteiger partial charge on any atom is 0.132 e. The van der Waals surface area contributed by atoms with E-state index in [4.69, 9.17) is 22.4 Å². The zero-order chi connectivity index (χ0) is 10.7. The molecule has 6 heteroatoms. The van der Waals surface area contributed by atoms with Gasteiger partial charge in [0.2, 0.25) is 0 Å². The molecule has 0 amide bonds. The van der Waals surface area contributed by atoms with Crippen molar-refractivity contribution in [2.24, 2.45) is 5.73 Å². The van der Waals surface area contributed by atoms with Crippen molar-refractivity contribution < 1.29 is 13.9 Å². The van der Waals surface area contributed by atoms with E-state index in [1.165, 1.54) is 0 Å². The minimum absolute atomic E-state index is 0. The third-order valence-electron chi connectivity index (χ3n) is 1.85. The lowest BCUT2D eigenvalue weighted by Crippen LogP contribution is -2.15. The zero-order valence-corrected chi connectivity index (χ0v) is 9.29. The Morgan fingerprint density at radius 1 is 1.33 bits per heavy atom. The number of benzene rings is 1. The number of aliphatic hydroxyl groups is 1. The van der Waals surface area contributed by atoms with Gasteiger partial charge in [-0.3, -0.25) is 0 Å². The van der Waals surface area contributed by atoms with E-state index in [9.17, 15) is 8.78 Å². The van der Waals surface area contributed by atoms with E-state index >= 15 is 0 Å². The van der Waals surface area contributed by atoms with Crippen LogP contribution in [-0.2, 0) is 0 Å². The van der Waals surface area contributed by atoms with Crippen molar-refractivity contribution in [3.63, 3.8) is 0 Å². The van der Waals surface area contributed by atoms with Gasteiger partial charge in [0.05, 0.1) is 0 Å². The number of hydrogen-bond acceptors (Lipinski definition) is 2. The quantitative estimate of drug-likeness (QED) is 0.874. The van der Waals surface area contributed by atoms with E-state index in [0.29, 0.717) is 0 Å². The number of hydrogen-bond donors (Lipinski definition) is 2. The molecular weight excluding hydrogens is 247 g/mol. The number of nitrogens with two attached hydrogens (primary N) is 1. The Bertz CT molecular complexity index is 313. The third kappa shape index (κ3) is 3.57. The summed E-state index contributed by atoms with van der Waals surface area (Å²) in [6.07, 6.45) is 0.107. The fraction of sp³-hybridized carbons (Fsp3) is 0.333. The molecule has 0 bridgehead atoms. The van der Waals surface area contributed by atoms with Gasteiger partial charge in [0.1, 0.15) is 11.6 Å². The van der Waals surface area contributed by atoms with Crippen LogP contribution in [0.3, 0.4) is 0 Å². The second kappa shape index (κ2) is 6.23. The van der Waals surface area contributed by atoms with Gasteiger partial charge in [-0.15, -0.1) is 12.4 Å². The highest BCUT2D eigenvalue weighted by molar-refractivity contribution is 6.30. The van der Waals surface area contributed by atoms with E-state index < -0.39 is 17.7 Å². The second-order valence-electron chi connectivity index (χ2n) is 2.90. The van der Waals surface area contributed by atoms with Crippen molar-refractivity contribution in [2.75, 3.05) is 6.61 Å². The predicted octanol–water partition coefficient (Wildman–Crippen LogP) is 2.42. The van der Waals surface area contributed by atoms with E-state index in [0.717, 1.165) is 12.1 Å². The van der Waals surface area contributed by atoms with E-state index in [-0.39, 0.29) is 36.0 Å². The van der Waals surface area contributed by atoms with Crippen LogP contribution in [0.4, 0.5) is 8.78 Å². The molecule has 1 aromatic carbocycles. The molecule has 0 fully saturated rings. The van der Waals surface area contributed by atoms with Crippen LogP contribution in [0.25, 0.3) is 0 Å². The van der Waals surface area contributed by atoms with Crippen LogP contribution < -0.4 is 5.73 Å². The highest BCUT2D eigenvalue weighted by Crippen LogP contribution is 2.24. The molecule has 15 heavy (non-hydrogen) atoms. The average molecular weight is 258 g/mol. The van der Waals surface area contributed by atoms with Crippen LogP contribution in [0.5, 0.6) is 0 Å². The van der Waals surface area contributed by atoms with Crippen molar-refractivity contribution in [2.45, 2.75) is 12.5 Å². The molecule has 3 N–H and O–H groups in total. The molecule has 0 aliphatic rings. The largest absolute Gasteiger partial charge is 0.396 e. The Morgan fingerprint density at radius 2 is 1.80 bits per heavy atom.